The van der Waals surface area contributed by atoms with Crippen LogP contribution in [0, 0.1) is 6.92 Å². The Morgan fingerprint density at radius 3 is 1.96 bits per heavy atom. The number of aryl methyl sites for hydroxylation is 1. The minimum Gasteiger partial charge on any atom is -0.465 e. The molecule has 3 amide bonds. The summed E-state index contributed by atoms with van der Waals surface area (Å²) in [6, 6.07) is 14.1. The van der Waals surface area contributed by atoms with Crippen LogP contribution in [0.25, 0.3) is 0 Å². The summed E-state index contributed by atoms with van der Waals surface area (Å²) in [4.78, 5) is 34.9. The maximum Gasteiger partial charge on any atom is 0.337 e. The SMILES string of the molecule is COC(=O)c1ccc(CNC(=O)CNC(=O)NCc2ccc(C)cc2)cc1. The van der Waals surface area contributed by atoms with Crippen LogP contribution in [0.1, 0.15) is 27.0 Å². The number of amides is 3. The van der Waals surface area contributed by atoms with E-state index in [1.165, 1.54) is 7.11 Å². The first-order chi connectivity index (χ1) is 13.0. The number of hydrogen-bond acceptors (Lipinski definition) is 4. The van der Waals surface area contributed by atoms with E-state index in [2.05, 4.69) is 20.7 Å². The Morgan fingerprint density at radius 1 is 0.815 bits per heavy atom. The molecule has 0 aliphatic rings. The number of urea groups is 1. The van der Waals surface area contributed by atoms with Crippen LogP contribution in [0.4, 0.5) is 4.79 Å². The van der Waals surface area contributed by atoms with Crippen molar-refractivity contribution in [1.29, 1.82) is 0 Å². The van der Waals surface area contributed by atoms with E-state index in [0.717, 1.165) is 16.7 Å². The zero-order valence-corrected chi connectivity index (χ0v) is 15.4. The van der Waals surface area contributed by atoms with Crippen LogP contribution < -0.4 is 16.0 Å². The zero-order chi connectivity index (χ0) is 19.6. The Labute approximate surface area is 158 Å². The van der Waals surface area contributed by atoms with Gasteiger partial charge < -0.3 is 20.7 Å². The lowest BCUT2D eigenvalue weighted by atomic mass is 10.1. The molecule has 0 aromatic heterocycles. The molecule has 2 rings (SSSR count). The van der Waals surface area contributed by atoms with Gasteiger partial charge in [0.25, 0.3) is 0 Å². The molecule has 0 spiro atoms. The number of nitrogens with one attached hydrogen (secondary N) is 3. The molecular weight excluding hydrogens is 346 g/mol. The van der Waals surface area contributed by atoms with Crippen molar-refractivity contribution < 1.29 is 19.1 Å². The summed E-state index contributed by atoms with van der Waals surface area (Å²) in [5.74, 6) is -0.719. The van der Waals surface area contributed by atoms with Crippen molar-refractivity contribution in [2.45, 2.75) is 20.0 Å². The van der Waals surface area contributed by atoms with Gasteiger partial charge in [0.15, 0.2) is 0 Å². The van der Waals surface area contributed by atoms with E-state index in [4.69, 9.17) is 0 Å². The highest BCUT2D eigenvalue weighted by atomic mass is 16.5. The molecule has 2 aromatic carbocycles. The molecule has 0 bridgehead atoms. The number of hydrogen-bond donors (Lipinski definition) is 3. The molecule has 7 nitrogen and oxygen atoms in total. The minimum atomic E-state index is -0.411. The summed E-state index contributed by atoms with van der Waals surface area (Å²) in [6.45, 7) is 2.56. The maximum absolute atomic E-state index is 11.8. The average Bonchev–Trinajstić information content (AvgIpc) is 2.70. The van der Waals surface area contributed by atoms with Gasteiger partial charge in [-0.1, -0.05) is 42.0 Å². The van der Waals surface area contributed by atoms with Gasteiger partial charge in [0, 0.05) is 13.1 Å². The summed E-state index contributed by atoms with van der Waals surface area (Å²) in [7, 11) is 1.32. The highest BCUT2D eigenvalue weighted by molar-refractivity contribution is 5.89. The third-order valence-corrected chi connectivity index (χ3v) is 3.85. The topological polar surface area (TPSA) is 96.5 Å². The first kappa shape index (κ1) is 20.0. The molecule has 0 aliphatic heterocycles. The van der Waals surface area contributed by atoms with Crippen LogP contribution in [0.15, 0.2) is 48.5 Å². The van der Waals surface area contributed by atoms with Crippen molar-refractivity contribution in [2.24, 2.45) is 0 Å². The van der Waals surface area contributed by atoms with Gasteiger partial charge in [-0.15, -0.1) is 0 Å². The van der Waals surface area contributed by atoms with Crippen LogP contribution in [-0.2, 0) is 22.6 Å². The van der Waals surface area contributed by atoms with Gasteiger partial charge in [0.05, 0.1) is 19.2 Å². The number of carbonyl (C=O) groups is 3. The molecule has 7 heteroatoms. The molecule has 0 radical (unpaired) electrons. The third kappa shape index (κ3) is 6.81. The maximum atomic E-state index is 11.8. The second-order valence-corrected chi connectivity index (χ2v) is 5.99. The van der Waals surface area contributed by atoms with Crippen molar-refractivity contribution in [2.75, 3.05) is 13.7 Å². The first-order valence-corrected chi connectivity index (χ1v) is 8.49. The fourth-order valence-corrected chi connectivity index (χ4v) is 2.25. The van der Waals surface area contributed by atoms with E-state index >= 15 is 0 Å². The third-order valence-electron chi connectivity index (χ3n) is 3.85. The number of carbonyl (C=O) groups excluding carboxylic acids is 3. The van der Waals surface area contributed by atoms with Gasteiger partial charge in [-0.2, -0.15) is 0 Å². The van der Waals surface area contributed by atoms with Crippen molar-refractivity contribution >= 4 is 17.9 Å². The predicted octanol–water partition coefficient (Wildman–Crippen LogP) is 1.90. The summed E-state index contributed by atoms with van der Waals surface area (Å²) in [5.41, 5.74) is 3.41. The van der Waals surface area contributed by atoms with Crippen LogP contribution in [-0.4, -0.2) is 31.6 Å². The van der Waals surface area contributed by atoms with E-state index in [0.29, 0.717) is 18.7 Å². The zero-order valence-electron chi connectivity index (χ0n) is 15.4. The van der Waals surface area contributed by atoms with Gasteiger partial charge in [-0.3, -0.25) is 4.79 Å². The molecule has 3 N–H and O–H groups in total. The molecule has 142 valence electrons. The minimum absolute atomic E-state index is 0.125. The Bertz CT molecular complexity index is 786. The standard InChI is InChI=1S/C20H23N3O4/c1-14-3-5-15(6-4-14)12-22-20(26)23-13-18(24)21-11-16-7-9-17(10-8-16)19(25)27-2/h3-10H,11-13H2,1-2H3,(H,21,24)(H2,22,23,26). The molecule has 0 saturated carbocycles. The van der Waals surface area contributed by atoms with E-state index in [-0.39, 0.29) is 12.5 Å². The summed E-state index contributed by atoms with van der Waals surface area (Å²) >= 11 is 0. The highest BCUT2D eigenvalue weighted by Gasteiger charge is 2.07. The molecule has 0 atom stereocenters. The second-order valence-electron chi connectivity index (χ2n) is 5.99. The van der Waals surface area contributed by atoms with Gasteiger partial charge in [0.1, 0.15) is 0 Å². The van der Waals surface area contributed by atoms with Crippen LogP contribution in [0.3, 0.4) is 0 Å². The molecule has 0 saturated heterocycles. The van der Waals surface area contributed by atoms with Crippen molar-refractivity contribution in [3.8, 4) is 0 Å². The lowest BCUT2D eigenvalue weighted by Gasteiger charge is -2.09. The molecule has 0 unspecified atom stereocenters. The summed E-state index contributed by atoms with van der Waals surface area (Å²) in [6.07, 6.45) is 0. The predicted molar refractivity (Wildman–Crippen MR) is 101 cm³/mol. The van der Waals surface area contributed by atoms with Crippen molar-refractivity contribution in [3.63, 3.8) is 0 Å². The molecule has 0 aliphatic carbocycles. The molecule has 27 heavy (non-hydrogen) atoms. The Morgan fingerprint density at radius 2 is 1.37 bits per heavy atom. The van der Waals surface area contributed by atoms with Crippen LogP contribution >= 0.6 is 0 Å². The largest absolute Gasteiger partial charge is 0.465 e. The quantitative estimate of drug-likeness (QED) is 0.650. The van der Waals surface area contributed by atoms with Gasteiger partial charge >= 0.3 is 12.0 Å². The fraction of sp³-hybridized carbons (Fsp3) is 0.250. The Kier molecular flexibility index (Phi) is 7.37. The van der Waals surface area contributed by atoms with Gasteiger partial charge in [-0.05, 0) is 30.2 Å². The lowest BCUT2D eigenvalue weighted by molar-refractivity contribution is -0.120. The van der Waals surface area contributed by atoms with Gasteiger partial charge in [0.2, 0.25) is 5.91 Å². The van der Waals surface area contributed by atoms with Crippen LogP contribution in [0.2, 0.25) is 0 Å². The van der Waals surface area contributed by atoms with Crippen LogP contribution in [0.5, 0.6) is 0 Å². The smallest absolute Gasteiger partial charge is 0.337 e. The van der Waals surface area contributed by atoms with E-state index in [1.807, 2.05) is 31.2 Å². The lowest BCUT2D eigenvalue weighted by Crippen LogP contribution is -2.41. The van der Waals surface area contributed by atoms with E-state index in [1.54, 1.807) is 24.3 Å². The molecule has 0 fully saturated rings. The fourth-order valence-electron chi connectivity index (χ4n) is 2.25. The number of rotatable bonds is 7. The Balaban J connectivity index is 1.67. The highest BCUT2D eigenvalue weighted by Crippen LogP contribution is 2.05. The molecular formula is C20H23N3O4. The summed E-state index contributed by atoms with van der Waals surface area (Å²) < 4.78 is 4.63. The van der Waals surface area contributed by atoms with E-state index in [9.17, 15) is 14.4 Å². The van der Waals surface area contributed by atoms with Crippen molar-refractivity contribution in [1.82, 2.24) is 16.0 Å². The second kappa shape index (κ2) is 9.96. The average molecular weight is 369 g/mol. The first-order valence-electron chi connectivity index (χ1n) is 8.49. The molecule has 2 aromatic rings. The van der Waals surface area contributed by atoms with Gasteiger partial charge in [-0.25, -0.2) is 9.59 Å². The normalized spacial score (nSPS) is 10.0. The number of ether oxygens (including phenoxy) is 1. The Hall–Kier alpha value is -3.35. The van der Waals surface area contributed by atoms with Crippen molar-refractivity contribution in [3.05, 3.63) is 70.8 Å². The number of methoxy groups -OCH3 is 1. The number of benzene rings is 2. The monoisotopic (exact) mass is 369 g/mol. The number of esters is 1. The van der Waals surface area contributed by atoms with E-state index < -0.39 is 12.0 Å². The molecule has 0 heterocycles. The summed E-state index contributed by atoms with van der Waals surface area (Å²) in [5, 5.41) is 7.90.